The second-order valence-electron chi connectivity index (χ2n) is 3.25. The van der Waals surface area contributed by atoms with E-state index in [9.17, 15) is 9.59 Å². The summed E-state index contributed by atoms with van der Waals surface area (Å²) in [6.07, 6.45) is 0.581. The topological polar surface area (TPSA) is 89.6 Å². The monoisotopic (exact) mass is 187 g/mol. The summed E-state index contributed by atoms with van der Waals surface area (Å²) in [5, 5.41) is 8.80. The predicted molar refractivity (Wildman–Crippen MR) is 43.9 cm³/mol. The van der Waals surface area contributed by atoms with Gasteiger partial charge in [-0.2, -0.15) is 0 Å². The Balaban J connectivity index is 2.64. The highest BCUT2D eigenvalue weighted by Crippen LogP contribution is 2.27. The van der Waals surface area contributed by atoms with Gasteiger partial charge in [0.15, 0.2) is 0 Å². The van der Waals surface area contributed by atoms with E-state index in [0.29, 0.717) is 12.8 Å². The number of hydrogen-bond acceptors (Lipinski definition) is 4. The van der Waals surface area contributed by atoms with Gasteiger partial charge < -0.3 is 15.6 Å². The molecule has 1 fully saturated rings. The number of ether oxygens (including phenoxy) is 1. The second-order valence-corrected chi connectivity index (χ2v) is 3.25. The maximum Gasteiger partial charge on any atom is 0.311 e. The average molecular weight is 187 g/mol. The van der Waals surface area contributed by atoms with Gasteiger partial charge in [-0.3, -0.25) is 9.59 Å². The lowest BCUT2D eigenvalue weighted by Gasteiger charge is -2.17. The van der Waals surface area contributed by atoms with Crippen molar-refractivity contribution in [1.29, 1.82) is 0 Å². The van der Waals surface area contributed by atoms with Gasteiger partial charge in [0.25, 0.3) is 0 Å². The van der Waals surface area contributed by atoms with Crippen LogP contribution in [0.1, 0.15) is 19.8 Å². The molecule has 0 aromatic carbocycles. The van der Waals surface area contributed by atoms with Crippen LogP contribution in [0.5, 0.6) is 0 Å². The molecule has 3 atom stereocenters. The van der Waals surface area contributed by atoms with Gasteiger partial charge in [0.1, 0.15) is 12.0 Å². The number of nitrogens with two attached hydrogens (primary N) is 1. The van der Waals surface area contributed by atoms with Crippen molar-refractivity contribution in [1.82, 2.24) is 0 Å². The molecular weight excluding hydrogens is 174 g/mol. The largest absolute Gasteiger partial charge is 0.481 e. The molecule has 74 valence electrons. The van der Waals surface area contributed by atoms with Crippen LogP contribution < -0.4 is 5.73 Å². The maximum absolute atomic E-state index is 10.7. The zero-order chi connectivity index (χ0) is 10.0. The van der Waals surface area contributed by atoms with Gasteiger partial charge in [-0.25, -0.2) is 0 Å². The first-order valence-electron chi connectivity index (χ1n) is 4.18. The van der Waals surface area contributed by atoms with Gasteiger partial charge in [-0.1, -0.05) is 0 Å². The third-order valence-electron chi connectivity index (χ3n) is 2.25. The molecule has 0 radical (unpaired) electrons. The van der Waals surface area contributed by atoms with E-state index in [2.05, 4.69) is 0 Å². The Kier molecular flexibility index (Phi) is 2.87. The van der Waals surface area contributed by atoms with Crippen molar-refractivity contribution in [2.45, 2.75) is 31.9 Å². The van der Waals surface area contributed by atoms with E-state index >= 15 is 0 Å². The SMILES string of the molecule is CC(=O)OC1CCC(N)C1C(=O)O. The minimum Gasteiger partial charge on any atom is -0.481 e. The van der Waals surface area contributed by atoms with E-state index in [-0.39, 0.29) is 0 Å². The fourth-order valence-electron chi connectivity index (χ4n) is 1.68. The molecule has 0 aromatic rings. The first kappa shape index (κ1) is 9.98. The van der Waals surface area contributed by atoms with Crippen molar-refractivity contribution in [3.8, 4) is 0 Å². The molecule has 0 heterocycles. The first-order valence-corrected chi connectivity index (χ1v) is 4.18. The fourth-order valence-corrected chi connectivity index (χ4v) is 1.68. The van der Waals surface area contributed by atoms with Crippen molar-refractivity contribution < 1.29 is 19.4 Å². The number of aliphatic carboxylic acids is 1. The zero-order valence-electron chi connectivity index (χ0n) is 7.40. The molecular formula is C8H13NO4. The summed E-state index contributed by atoms with van der Waals surface area (Å²) in [5.41, 5.74) is 5.57. The second kappa shape index (κ2) is 3.74. The van der Waals surface area contributed by atoms with Crippen molar-refractivity contribution >= 4 is 11.9 Å². The van der Waals surface area contributed by atoms with E-state index in [4.69, 9.17) is 15.6 Å². The molecule has 13 heavy (non-hydrogen) atoms. The molecule has 3 unspecified atom stereocenters. The number of rotatable bonds is 2. The minimum absolute atomic E-state index is 0.401. The number of esters is 1. The number of carbonyl (C=O) groups is 2. The summed E-state index contributed by atoms with van der Waals surface area (Å²) in [7, 11) is 0. The smallest absolute Gasteiger partial charge is 0.311 e. The summed E-state index contributed by atoms with van der Waals surface area (Å²) in [6, 6.07) is -0.401. The van der Waals surface area contributed by atoms with E-state index in [1.54, 1.807) is 0 Å². The van der Waals surface area contributed by atoms with Crippen LogP contribution in [0.25, 0.3) is 0 Å². The van der Waals surface area contributed by atoms with E-state index in [1.807, 2.05) is 0 Å². The Bertz CT molecular complexity index is 228. The minimum atomic E-state index is -0.990. The Morgan fingerprint density at radius 2 is 2.08 bits per heavy atom. The van der Waals surface area contributed by atoms with Crippen LogP contribution in [-0.2, 0) is 14.3 Å². The Hall–Kier alpha value is -1.10. The Morgan fingerprint density at radius 1 is 1.46 bits per heavy atom. The maximum atomic E-state index is 10.7. The lowest BCUT2D eigenvalue weighted by Crippen LogP contribution is -2.37. The zero-order valence-corrected chi connectivity index (χ0v) is 7.40. The van der Waals surface area contributed by atoms with Crippen LogP contribution in [0.15, 0.2) is 0 Å². The van der Waals surface area contributed by atoms with Gasteiger partial charge in [-0.05, 0) is 12.8 Å². The van der Waals surface area contributed by atoms with E-state index in [1.165, 1.54) is 6.92 Å². The van der Waals surface area contributed by atoms with Crippen LogP contribution >= 0.6 is 0 Å². The third-order valence-corrected chi connectivity index (χ3v) is 2.25. The number of hydrogen-bond donors (Lipinski definition) is 2. The summed E-state index contributed by atoms with van der Waals surface area (Å²) >= 11 is 0. The molecule has 1 rings (SSSR count). The molecule has 5 nitrogen and oxygen atoms in total. The Morgan fingerprint density at radius 3 is 2.54 bits per heavy atom. The van der Waals surface area contributed by atoms with Gasteiger partial charge in [0, 0.05) is 13.0 Å². The first-order chi connectivity index (χ1) is 6.02. The normalized spacial score (nSPS) is 32.9. The van der Waals surface area contributed by atoms with Crippen molar-refractivity contribution in [2.75, 3.05) is 0 Å². The highest BCUT2D eigenvalue weighted by Gasteiger charge is 2.41. The quantitative estimate of drug-likeness (QED) is 0.581. The molecule has 0 spiro atoms. The van der Waals surface area contributed by atoms with Crippen molar-refractivity contribution in [3.63, 3.8) is 0 Å². The molecule has 0 aliphatic heterocycles. The summed E-state index contributed by atoms with van der Waals surface area (Å²) in [4.78, 5) is 21.4. The lowest BCUT2D eigenvalue weighted by atomic mass is 10.0. The number of carboxylic acids is 1. The standard InChI is InChI=1S/C8H13NO4/c1-4(10)13-6-3-2-5(9)7(6)8(11)12/h5-7H,2-3,9H2,1H3,(H,11,12). The predicted octanol–water partition coefficient (Wildman–Crippen LogP) is -0.260. The van der Waals surface area contributed by atoms with Crippen molar-refractivity contribution in [3.05, 3.63) is 0 Å². The molecule has 3 N–H and O–H groups in total. The highest BCUT2D eigenvalue weighted by molar-refractivity contribution is 5.73. The molecule has 1 saturated carbocycles. The van der Waals surface area contributed by atoms with Crippen LogP contribution in [-0.4, -0.2) is 29.2 Å². The van der Waals surface area contributed by atoms with Crippen LogP contribution in [0, 0.1) is 5.92 Å². The fraction of sp³-hybridized carbons (Fsp3) is 0.750. The lowest BCUT2D eigenvalue weighted by molar-refractivity contribution is -0.155. The van der Waals surface area contributed by atoms with E-state index in [0.717, 1.165) is 0 Å². The molecule has 0 saturated heterocycles. The molecule has 0 amide bonds. The van der Waals surface area contributed by atoms with Crippen LogP contribution in [0.3, 0.4) is 0 Å². The molecule has 1 aliphatic rings. The Labute approximate surface area is 75.9 Å². The van der Waals surface area contributed by atoms with Gasteiger partial charge in [0.2, 0.25) is 0 Å². The average Bonchev–Trinajstić information content (AvgIpc) is 2.30. The third kappa shape index (κ3) is 2.18. The number of carbonyl (C=O) groups excluding carboxylic acids is 1. The summed E-state index contributed by atoms with van der Waals surface area (Å²) < 4.78 is 4.86. The summed E-state index contributed by atoms with van der Waals surface area (Å²) in [5.74, 6) is -2.19. The molecule has 0 bridgehead atoms. The molecule has 5 heteroatoms. The highest BCUT2D eigenvalue weighted by atomic mass is 16.5. The molecule has 0 aromatic heterocycles. The van der Waals surface area contributed by atoms with Crippen LogP contribution in [0.2, 0.25) is 0 Å². The van der Waals surface area contributed by atoms with Gasteiger partial charge in [0.05, 0.1) is 0 Å². The summed E-state index contributed by atoms with van der Waals surface area (Å²) in [6.45, 7) is 1.27. The van der Waals surface area contributed by atoms with Gasteiger partial charge in [-0.15, -0.1) is 0 Å². The van der Waals surface area contributed by atoms with Crippen LogP contribution in [0.4, 0.5) is 0 Å². The number of carboxylic acid groups (broad SMARTS) is 1. The van der Waals surface area contributed by atoms with Gasteiger partial charge >= 0.3 is 11.9 Å². The van der Waals surface area contributed by atoms with Crippen molar-refractivity contribution in [2.24, 2.45) is 11.7 Å². The van der Waals surface area contributed by atoms with E-state index < -0.39 is 30.0 Å². The molecule has 1 aliphatic carbocycles.